The van der Waals surface area contributed by atoms with Crippen molar-refractivity contribution in [3.05, 3.63) is 83.5 Å². The van der Waals surface area contributed by atoms with Gasteiger partial charge in [-0.2, -0.15) is 5.26 Å². The van der Waals surface area contributed by atoms with Gasteiger partial charge in [0.15, 0.2) is 0 Å². The molecular weight excluding hydrogens is 301 g/mol. The Balaban J connectivity index is 2.10. The number of rotatable bonds is 4. The summed E-state index contributed by atoms with van der Waals surface area (Å²) in [5.41, 5.74) is 3.80. The molecule has 0 aliphatic rings. The van der Waals surface area contributed by atoms with Crippen LogP contribution in [0.3, 0.4) is 0 Å². The molecule has 4 heteroatoms. The summed E-state index contributed by atoms with van der Waals surface area (Å²) in [6.45, 7) is 6.14. The van der Waals surface area contributed by atoms with Crippen molar-refractivity contribution in [1.82, 2.24) is 9.55 Å². The van der Waals surface area contributed by atoms with E-state index in [1.165, 1.54) is 12.1 Å². The Kier molecular flexibility index (Phi) is 4.26. The van der Waals surface area contributed by atoms with E-state index in [0.29, 0.717) is 17.7 Å². The van der Waals surface area contributed by atoms with Crippen molar-refractivity contribution >= 4 is 17.1 Å². The standard InChI is InChI=1S/C20H16FN3/c1-14(2)16(11-22)10-17-13-24(20-19(17)7-4-8-23-20)12-15-5-3-6-18(21)9-15/h3-10,13H,1,12H2,2H3/b16-10+. The number of pyridine rings is 1. The normalized spacial score (nSPS) is 11.5. The number of halogens is 1. The summed E-state index contributed by atoms with van der Waals surface area (Å²) < 4.78 is 15.4. The Bertz CT molecular complexity index is 990. The van der Waals surface area contributed by atoms with Gasteiger partial charge in [-0.3, -0.25) is 0 Å². The Hall–Kier alpha value is -3.19. The van der Waals surface area contributed by atoms with Gasteiger partial charge in [0, 0.05) is 29.9 Å². The van der Waals surface area contributed by atoms with E-state index in [4.69, 9.17) is 0 Å². The van der Waals surface area contributed by atoms with Crippen LogP contribution in [-0.4, -0.2) is 9.55 Å². The lowest BCUT2D eigenvalue weighted by Crippen LogP contribution is -1.99. The molecule has 0 unspecified atom stereocenters. The third-order valence-electron chi connectivity index (χ3n) is 3.79. The van der Waals surface area contributed by atoms with Gasteiger partial charge in [0.05, 0.1) is 11.6 Å². The van der Waals surface area contributed by atoms with E-state index in [-0.39, 0.29) is 5.82 Å². The highest BCUT2D eigenvalue weighted by Crippen LogP contribution is 2.24. The highest BCUT2D eigenvalue weighted by atomic mass is 19.1. The van der Waals surface area contributed by atoms with Gasteiger partial charge < -0.3 is 4.57 Å². The summed E-state index contributed by atoms with van der Waals surface area (Å²) >= 11 is 0. The highest BCUT2D eigenvalue weighted by molar-refractivity contribution is 5.88. The zero-order valence-corrected chi connectivity index (χ0v) is 13.3. The molecule has 1 aromatic carbocycles. The van der Waals surface area contributed by atoms with Crippen molar-refractivity contribution in [2.45, 2.75) is 13.5 Å². The summed E-state index contributed by atoms with van der Waals surface area (Å²) in [6.07, 6.45) is 5.47. The monoisotopic (exact) mass is 317 g/mol. The fourth-order valence-electron chi connectivity index (χ4n) is 2.62. The molecule has 0 aliphatic carbocycles. The molecule has 0 bridgehead atoms. The molecule has 0 saturated carbocycles. The SMILES string of the molecule is C=C(C)/C(C#N)=C/c1cn(Cc2cccc(F)c2)c2ncccc12. The number of aromatic nitrogens is 2. The van der Waals surface area contributed by atoms with Gasteiger partial charge in [0.25, 0.3) is 0 Å². The molecule has 0 saturated heterocycles. The average Bonchev–Trinajstić information content (AvgIpc) is 2.90. The predicted molar refractivity (Wildman–Crippen MR) is 93.6 cm³/mol. The van der Waals surface area contributed by atoms with Crippen LogP contribution < -0.4 is 0 Å². The van der Waals surface area contributed by atoms with E-state index in [9.17, 15) is 9.65 Å². The fourth-order valence-corrected chi connectivity index (χ4v) is 2.62. The fraction of sp³-hybridized carbons (Fsp3) is 0.100. The van der Waals surface area contributed by atoms with Gasteiger partial charge in [-0.25, -0.2) is 9.37 Å². The number of benzene rings is 1. The molecule has 0 atom stereocenters. The molecular formula is C20H16FN3. The highest BCUT2D eigenvalue weighted by Gasteiger charge is 2.10. The van der Waals surface area contributed by atoms with Gasteiger partial charge >= 0.3 is 0 Å². The average molecular weight is 317 g/mol. The summed E-state index contributed by atoms with van der Waals surface area (Å²) in [5.74, 6) is -0.258. The van der Waals surface area contributed by atoms with E-state index in [0.717, 1.165) is 22.2 Å². The Morgan fingerprint density at radius 2 is 2.21 bits per heavy atom. The number of nitrogens with zero attached hydrogens (tertiary/aromatic N) is 3. The Morgan fingerprint density at radius 3 is 2.92 bits per heavy atom. The Morgan fingerprint density at radius 1 is 1.38 bits per heavy atom. The minimum Gasteiger partial charge on any atom is -0.327 e. The van der Waals surface area contributed by atoms with Gasteiger partial charge in [0.1, 0.15) is 11.5 Å². The quantitative estimate of drug-likeness (QED) is 0.516. The molecule has 0 fully saturated rings. The topological polar surface area (TPSA) is 41.6 Å². The molecule has 2 aromatic heterocycles. The van der Waals surface area contributed by atoms with Crippen LogP contribution in [0, 0.1) is 17.1 Å². The van der Waals surface area contributed by atoms with Crippen molar-refractivity contribution in [1.29, 1.82) is 5.26 Å². The van der Waals surface area contributed by atoms with Gasteiger partial charge in [0.2, 0.25) is 0 Å². The lowest BCUT2D eigenvalue weighted by molar-refractivity contribution is 0.624. The van der Waals surface area contributed by atoms with Crippen molar-refractivity contribution in [2.24, 2.45) is 0 Å². The molecule has 3 aromatic rings. The molecule has 0 aliphatic heterocycles. The zero-order chi connectivity index (χ0) is 17.1. The van der Waals surface area contributed by atoms with E-state index in [1.54, 1.807) is 19.2 Å². The lowest BCUT2D eigenvalue weighted by atomic mass is 10.1. The van der Waals surface area contributed by atoms with Crippen LogP contribution in [0.2, 0.25) is 0 Å². The van der Waals surface area contributed by atoms with Crippen molar-refractivity contribution in [3.63, 3.8) is 0 Å². The maximum absolute atomic E-state index is 13.4. The second kappa shape index (κ2) is 6.51. The van der Waals surface area contributed by atoms with E-state index in [1.807, 2.05) is 35.0 Å². The van der Waals surface area contributed by atoms with Gasteiger partial charge in [-0.1, -0.05) is 18.7 Å². The van der Waals surface area contributed by atoms with Crippen molar-refractivity contribution in [3.8, 4) is 6.07 Å². The zero-order valence-electron chi connectivity index (χ0n) is 13.3. The molecule has 2 heterocycles. The first kappa shape index (κ1) is 15.7. The molecule has 0 amide bonds. The van der Waals surface area contributed by atoms with Crippen LogP contribution in [0.25, 0.3) is 17.1 Å². The lowest BCUT2D eigenvalue weighted by Gasteiger charge is -2.04. The van der Waals surface area contributed by atoms with E-state index < -0.39 is 0 Å². The first-order valence-electron chi connectivity index (χ1n) is 7.54. The van der Waals surface area contributed by atoms with Crippen LogP contribution >= 0.6 is 0 Å². The first-order valence-corrected chi connectivity index (χ1v) is 7.54. The van der Waals surface area contributed by atoms with Crippen LogP contribution in [0.4, 0.5) is 4.39 Å². The van der Waals surface area contributed by atoms with Crippen molar-refractivity contribution in [2.75, 3.05) is 0 Å². The van der Waals surface area contributed by atoms with Crippen LogP contribution in [0.5, 0.6) is 0 Å². The molecule has 3 nitrogen and oxygen atoms in total. The second-order valence-electron chi connectivity index (χ2n) is 5.67. The number of nitriles is 1. The molecule has 0 radical (unpaired) electrons. The maximum Gasteiger partial charge on any atom is 0.140 e. The molecule has 0 N–H and O–H groups in total. The van der Waals surface area contributed by atoms with Gasteiger partial charge in [-0.15, -0.1) is 0 Å². The molecule has 24 heavy (non-hydrogen) atoms. The summed E-state index contributed by atoms with van der Waals surface area (Å²) in [5, 5.41) is 10.2. The third kappa shape index (κ3) is 3.11. The van der Waals surface area contributed by atoms with Gasteiger partial charge in [-0.05, 0) is 48.4 Å². The molecule has 3 rings (SSSR count). The molecule has 118 valence electrons. The summed E-state index contributed by atoms with van der Waals surface area (Å²) in [6, 6.07) is 12.5. The third-order valence-corrected chi connectivity index (χ3v) is 3.79. The van der Waals surface area contributed by atoms with Crippen LogP contribution in [0.15, 0.2) is 66.5 Å². The van der Waals surface area contributed by atoms with E-state index >= 15 is 0 Å². The summed E-state index contributed by atoms with van der Waals surface area (Å²) in [4.78, 5) is 4.43. The van der Waals surface area contributed by atoms with Crippen LogP contribution in [0.1, 0.15) is 18.1 Å². The number of fused-ring (bicyclic) bond motifs is 1. The number of hydrogen-bond acceptors (Lipinski definition) is 2. The first-order chi connectivity index (χ1) is 11.6. The summed E-state index contributed by atoms with van der Waals surface area (Å²) in [7, 11) is 0. The molecule has 0 spiro atoms. The van der Waals surface area contributed by atoms with Crippen LogP contribution in [-0.2, 0) is 6.54 Å². The number of allylic oxidation sites excluding steroid dienone is 2. The van der Waals surface area contributed by atoms with Crippen molar-refractivity contribution < 1.29 is 4.39 Å². The van der Waals surface area contributed by atoms with E-state index in [2.05, 4.69) is 17.6 Å². The minimum atomic E-state index is -0.258. The Labute approximate surface area is 140 Å². The predicted octanol–water partition coefficient (Wildman–Crippen LogP) is 4.71. The largest absolute Gasteiger partial charge is 0.327 e. The smallest absolute Gasteiger partial charge is 0.140 e. The minimum absolute atomic E-state index is 0.258. The second-order valence-corrected chi connectivity index (χ2v) is 5.67. The maximum atomic E-state index is 13.4. The number of hydrogen-bond donors (Lipinski definition) is 0.